The molecular formula is C17H24ClN5O. The van der Waals surface area contributed by atoms with Crippen LogP contribution in [0, 0.1) is 6.92 Å². The van der Waals surface area contributed by atoms with E-state index in [1.54, 1.807) is 10.7 Å². The quantitative estimate of drug-likeness (QED) is 0.920. The number of nitrogens with one attached hydrogen (secondary N) is 1. The van der Waals surface area contributed by atoms with Crippen LogP contribution in [-0.4, -0.2) is 37.7 Å². The second-order valence-corrected chi connectivity index (χ2v) is 6.88. The molecule has 2 aromatic rings. The third kappa shape index (κ3) is 3.54. The summed E-state index contributed by atoms with van der Waals surface area (Å²) >= 11 is 6.42. The SMILES string of the molecule is CCc1nn(C)c(Cl)c1CN1CCC[C@H](c2cc(=O)[nH]c(C)n2)C1. The summed E-state index contributed by atoms with van der Waals surface area (Å²) in [5, 5.41) is 5.22. The van der Waals surface area contributed by atoms with Crippen LogP contribution in [0.25, 0.3) is 0 Å². The fraction of sp³-hybridized carbons (Fsp3) is 0.588. The Kier molecular flexibility index (Phi) is 5.06. The minimum atomic E-state index is -0.0711. The summed E-state index contributed by atoms with van der Waals surface area (Å²) in [7, 11) is 1.88. The molecule has 0 spiro atoms. The van der Waals surface area contributed by atoms with E-state index >= 15 is 0 Å². The molecule has 0 aliphatic carbocycles. The van der Waals surface area contributed by atoms with E-state index in [1.807, 2.05) is 14.0 Å². The highest BCUT2D eigenvalue weighted by molar-refractivity contribution is 6.30. The minimum Gasteiger partial charge on any atom is -0.311 e. The van der Waals surface area contributed by atoms with E-state index in [0.717, 1.165) is 61.0 Å². The first kappa shape index (κ1) is 17.2. The van der Waals surface area contributed by atoms with Crippen LogP contribution in [0.2, 0.25) is 5.15 Å². The average molecular weight is 350 g/mol. The van der Waals surface area contributed by atoms with E-state index < -0.39 is 0 Å². The maximum Gasteiger partial charge on any atom is 0.251 e. The molecule has 7 heteroatoms. The van der Waals surface area contributed by atoms with Crippen LogP contribution in [0.4, 0.5) is 0 Å². The molecule has 6 nitrogen and oxygen atoms in total. The Hall–Kier alpha value is -1.66. The van der Waals surface area contributed by atoms with Gasteiger partial charge in [-0.2, -0.15) is 5.10 Å². The van der Waals surface area contributed by atoms with Gasteiger partial charge in [0.05, 0.1) is 11.4 Å². The second kappa shape index (κ2) is 7.07. The predicted octanol–water partition coefficient (Wildman–Crippen LogP) is 2.41. The van der Waals surface area contributed by atoms with Crippen LogP contribution in [0.15, 0.2) is 10.9 Å². The third-order valence-corrected chi connectivity index (χ3v) is 5.15. The lowest BCUT2D eigenvalue weighted by molar-refractivity contribution is 0.198. The van der Waals surface area contributed by atoms with Crippen molar-refractivity contribution in [1.82, 2.24) is 24.6 Å². The molecule has 1 atom stereocenters. The van der Waals surface area contributed by atoms with E-state index in [4.69, 9.17) is 11.6 Å². The summed E-state index contributed by atoms with van der Waals surface area (Å²) < 4.78 is 1.75. The lowest BCUT2D eigenvalue weighted by Gasteiger charge is -2.32. The molecule has 0 amide bonds. The molecule has 1 fully saturated rings. The molecule has 0 bridgehead atoms. The van der Waals surface area contributed by atoms with Crippen LogP contribution in [0.5, 0.6) is 0 Å². The van der Waals surface area contributed by atoms with Crippen molar-refractivity contribution in [3.05, 3.63) is 44.3 Å². The van der Waals surface area contributed by atoms with Crippen molar-refractivity contribution in [2.24, 2.45) is 7.05 Å². The number of aromatic amines is 1. The van der Waals surface area contributed by atoms with Crippen molar-refractivity contribution in [2.45, 2.75) is 45.6 Å². The van der Waals surface area contributed by atoms with Crippen LogP contribution in [-0.2, 0) is 20.0 Å². The Morgan fingerprint density at radius 1 is 1.46 bits per heavy atom. The van der Waals surface area contributed by atoms with Crippen LogP contribution < -0.4 is 5.56 Å². The van der Waals surface area contributed by atoms with E-state index in [2.05, 4.69) is 26.9 Å². The van der Waals surface area contributed by atoms with Crippen molar-refractivity contribution in [1.29, 1.82) is 0 Å². The Morgan fingerprint density at radius 3 is 2.96 bits per heavy atom. The molecule has 24 heavy (non-hydrogen) atoms. The van der Waals surface area contributed by atoms with Gasteiger partial charge in [0.25, 0.3) is 5.56 Å². The highest BCUT2D eigenvalue weighted by Gasteiger charge is 2.25. The summed E-state index contributed by atoms with van der Waals surface area (Å²) in [6, 6.07) is 1.63. The van der Waals surface area contributed by atoms with Gasteiger partial charge in [-0.25, -0.2) is 4.98 Å². The zero-order valence-corrected chi connectivity index (χ0v) is 15.2. The smallest absolute Gasteiger partial charge is 0.251 e. The minimum absolute atomic E-state index is 0.0711. The molecule has 1 aliphatic heterocycles. The number of aromatic nitrogens is 4. The van der Waals surface area contributed by atoms with Gasteiger partial charge < -0.3 is 4.98 Å². The summed E-state index contributed by atoms with van der Waals surface area (Å²) in [6.07, 6.45) is 3.04. The van der Waals surface area contributed by atoms with Gasteiger partial charge in [-0.1, -0.05) is 18.5 Å². The number of hydrogen-bond donors (Lipinski definition) is 1. The molecule has 3 heterocycles. The molecule has 2 aromatic heterocycles. The number of halogens is 1. The Bertz CT molecular complexity index is 782. The summed E-state index contributed by atoms with van der Waals surface area (Å²) in [5.41, 5.74) is 3.01. The largest absolute Gasteiger partial charge is 0.311 e. The average Bonchev–Trinajstić information content (AvgIpc) is 2.82. The number of likely N-dealkylation sites (tertiary alicyclic amines) is 1. The lowest BCUT2D eigenvalue weighted by Crippen LogP contribution is -2.35. The first-order valence-electron chi connectivity index (χ1n) is 8.48. The summed E-state index contributed by atoms with van der Waals surface area (Å²) in [6.45, 7) is 6.66. The zero-order valence-electron chi connectivity index (χ0n) is 14.5. The number of H-pyrrole nitrogens is 1. The highest BCUT2D eigenvalue weighted by Crippen LogP contribution is 2.28. The highest BCUT2D eigenvalue weighted by atomic mass is 35.5. The lowest BCUT2D eigenvalue weighted by atomic mass is 9.94. The Balaban J connectivity index is 1.78. The molecule has 0 saturated carbocycles. The van der Waals surface area contributed by atoms with Gasteiger partial charge in [-0.3, -0.25) is 14.4 Å². The topological polar surface area (TPSA) is 66.8 Å². The first-order valence-corrected chi connectivity index (χ1v) is 8.86. The number of hydrogen-bond acceptors (Lipinski definition) is 4. The first-order chi connectivity index (χ1) is 11.5. The third-order valence-electron chi connectivity index (χ3n) is 4.67. The zero-order chi connectivity index (χ0) is 17.3. The normalized spacial score (nSPS) is 18.9. The number of nitrogens with zero attached hydrogens (tertiary/aromatic N) is 4. The molecular weight excluding hydrogens is 326 g/mol. The summed E-state index contributed by atoms with van der Waals surface area (Å²) in [5.74, 6) is 0.971. The molecule has 0 unspecified atom stereocenters. The van der Waals surface area contributed by atoms with E-state index in [-0.39, 0.29) is 5.56 Å². The molecule has 3 rings (SSSR count). The summed E-state index contributed by atoms with van der Waals surface area (Å²) in [4.78, 5) is 21.4. The van der Waals surface area contributed by atoms with Crippen LogP contribution in [0.3, 0.4) is 0 Å². The Morgan fingerprint density at radius 2 is 2.25 bits per heavy atom. The van der Waals surface area contributed by atoms with E-state index in [9.17, 15) is 4.79 Å². The van der Waals surface area contributed by atoms with Gasteiger partial charge in [0, 0.05) is 37.7 Å². The van der Waals surface area contributed by atoms with Crippen LogP contribution in [0.1, 0.15) is 48.5 Å². The number of rotatable bonds is 4. The van der Waals surface area contributed by atoms with Crippen molar-refractivity contribution in [2.75, 3.05) is 13.1 Å². The predicted molar refractivity (Wildman–Crippen MR) is 94.4 cm³/mol. The standard InChI is InChI=1S/C17H24ClN5O/c1-4-14-13(17(18)22(3)21-14)10-23-7-5-6-12(9-23)15-8-16(24)20-11(2)19-15/h8,12H,4-7,9-10H2,1-3H3,(H,19,20,24)/t12-/m0/s1. The van der Waals surface area contributed by atoms with Gasteiger partial charge >= 0.3 is 0 Å². The molecule has 0 radical (unpaired) electrons. The fourth-order valence-electron chi connectivity index (χ4n) is 3.52. The van der Waals surface area contributed by atoms with Crippen molar-refractivity contribution < 1.29 is 0 Å². The molecule has 0 aromatic carbocycles. The van der Waals surface area contributed by atoms with E-state index in [0.29, 0.717) is 11.7 Å². The molecule has 1 N–H and O–H groups in total. The second-order valence-electron chi connectivity index (χ2n) is 6.52. The van der Waals surface area contributed by atoms with Gasteiger partial charge in [-0.05, 0) is 32.7 Å². The maximum atomic E-state index is 11.7. The van der Waals surface area contributed by atoms with E-state index in [1.165, 1.54) is 0 Å². The van der Waals surface area contributed by atoms with Crippen molar-refractivity contribution >= 4 is 11.6 Å². The van der Waals surface area contributed by atoms with Crippen LogP contribution >= 0.6 is 11.6 Å². The molecule has 1 saturated heterocycles. The van der Waals surface area contributed by atoms with Crippen molar-refractivity contribution in [3.63, 3.8) is 0 Å². The molecule has 130 valence electrons. The molecule has 1 aliphatic rings. The van der Waals surface area contributed by atoms with Gasteiger partial charge in [-0.15, -0.1) is 0 Å². The van der Waals surface area contributed by atoms with Crippen molar-refractivity contribution in [3.8, 4) is 0 Å². The van der Waals surface area contributed by atoms with Gasteiger partial charge in [0.1, 0.15) is 11.0 Å². The number of aryl methyl sites for hydroxylation is 3. The Labute approximate surface area is 146 Å². The van der Waals surface area contributed by atoms with Gasteiger partial charge in [0.2, 0.25) is 0 Å². The monoisotopic (exact) mass is 349 g/mol. The van der Waals surface area contributed by atoms with Gasteiger partial charge in [0.15, 0.2) is 0 Å². The number of piperidine rings is 1. The maximum absolute atomic E-state index is 11.7. The fourth-order valence-corrected chi connectivity index (χ4v) is 3.72.